The molecule has 0 saturated carbocycles. The SMILES string of the molecule is COCCc1ccc(Oc2ccc(CCN)cn2)cc1. The van der Waals surface area contributed by atoms with Crippen LogP contribution in [-0.2, 0) is 17.6 Å². The maximum atomic E-state index is 5.70. The van der Waals surface area contributed by atoms with Gasteiger partial charge in [-0.1, -0.05) is 18.2 Å². The predicted molar refractivity (Wildman–Crippen MR) is 79.1 cm³/mol. The van der Waals surface area contributed by atoms with Crippen LogP contribution in [0.3, 0.4) is 0 Å². The molecule has 1 heterocycles. The summed E-state index contributed by atoms with van der Waals surface area (Å²) in [4.78, 5) is 4.27. The Morgan fingerprint density at radius 3 is 2.35 bits per heavy atom. The summed E-state index contributed by atoms with van der Waals surface area (Å²) in [6.07, 6.45) is 3.54. The van der Waals surface area contributed by atoms with Gasteiger partial charge in [0.1, 0.15) is 5.75 Å². The number of benzene rings is 1. The van der Waals surface area contributed by atoms with Crippen LogP contribution in [0.25, 0.3) is 0 Å². The van der Waals surface area contributed by atoms with Gasteiger partial charge in [-0.25, -0.2) is 4.98 Å². The number of methoxy groups -OCH3 is 1. The van der Waals surface area contributed by atoms with Gasteiger partial charge in [0.15, 0.2) is 0 Å². The monoisotopic (exact) mass is 272 g/mol. The summed E-state index contributed by atoms with van der Waals surface area (Å²) < 4.78 is 10.7. The summed E-state index contributed by atoms with van der Waals surface area (Å²) in [5.74, 6) is 1.38. The highest BCUT2D eigenvalue weighted by Crippen LogP contribution is 2.20. The molecule has 0 aliphatic rings. The van der Waals surface area contributed by atoms with Gasteiger partial charge in [-0.3, -0.25) is 0 Å². The number of nitrogens with two attached hydrogens (primary N) is 1. The van der Waals surface area contributed by atoms with Gasteiger partial charge >= 0.3 is 0 Å². The van der Waals surface area contributed by atoms with Crippen molar-refractivity contribution in [3.63, 3.8) is 0 Å². The van der Waals surface area contributed by atoms with Crippen molar-refractivity contribution >= 4 is 0 Å². The van der Waals surface area contributed by atoms with E-state index in [1.807, 2.05) is 36.4 Å². The molecule has 0 aliphatic heterocycles. The Morgan fingerprint density at radius 2 is 1.75 bits per heavy atom. The maximum Gasteiger partial charge on any atom is 0.219 e. The van der Waals surface area contributed by atoms with Crippen molar-refractivity contribution in [1.82, 2.24) is 4.98 Å². The van der Waals surface area contributed by atoms with Gasteiger partial charge < -0.3 is 15.2 Å². The molecule has 106 valence electrons. The molecule has 0 bridgehead atoms. The number of hydrogen-bond donors (Lipinski definition) is 1. The van der Waals surface area contributed by atoms with Gasteiger partial charge in [-0.05, 0) is 42.6 Å². The first-order valence-corrected chi connectivity index (χ1v) is 6.72. The molecular weight excluding hydrogens is 252 g/mol. The topological polar surface area (TPSA) is 57.4 Å². The van der Waals surface area contributed by atoms with Crippen LogP contribution in [0.15, 0.2) is 42.6 Å². The van der Waals surface area contributed by atoms with Crippen LogP contribution in [-0.4, -0.2) is 25.2 Å². The molecule has 0 radical (unpaired) electrons. The Kier molecular flexibility index (Phi) is 5.53. The van der Waals surface area contributed by atoms with E-state index in [0.29, 0.717) is 12.4 Å². The van der Waals surface area contributed by atoms with Crippen molar-refractivity contribution in [1.29, 1.82) is 0 Å². The van der Waals surface area contributed by atoms with Crippen molar-refractivity contribution in [2.24, 2.45) is 5.73 Å². The largest absolute Gasteiger partial charge is 0.439 e. The van der Waals surface area contributed by atoms with Crippen LogP contribution in [0, 0.1) is 0 Å². The summed E-state index contributed by atoms with van der Waals surface area (Å²) >= 11 is 0. The highest BCUT2D eigenvalue weighted by Gasteiger charge is 2.00. The fraction of sp³-hybridized carbons (Fsp3) is 0.312. The number of ether oxygens (including phenoxy) is 2. The quantitative estimate of drug-likeness (QED) is 0.841. The number of nitrogens with zero attached hydrogens (tertiary/aromatic N) is 1. The maximum absolute atomic E-state index is 5.70. The van der Waals surface area contributed by atoms with Gasteiger partial charge in [-0.2, -0.15) is 0 Å². The van der Waals surface area contributed by atoms with Gasteiger partial charge in [0, 0.05) is 19.4 Å². The first kappa shape index (κ1) is 14.5. The molecule has 1 aromatic carbocycles. The molecule has 0 spiro atoms. The normalized spacial score (nSPS) is 10.5. The van der Waals surface area contributed by atoms with E-state index in [1.165, 1.54) is 5.56 Å². The van der Waals surface area contributed by atoms with E-state index in [1.54, 1.807) is 13.3 Å². The molecule has 2 rings (SSSR count). The molecule has 0 unspecified atom stereocenters. The molecule has 0 amide bonds. The zero-order valence-corrected chi connectivity index (χ0v) is 11.7. The Morgan fingerprint density at radius 1 is 1.00 bits per heavy atom. The minimum absolute atomic E-state index is 0.593. The van der Waals surface area contributed by atoms with Crippen molar-refractivity contribution in [3.8, 4) is 11.6 Å². The molecule has 20 heavy (non-hydrogen) atoms. The molecular formula is C16H20N2O2. The first-order chi connectivity index (χ1) is 9.81. The van der Waals surface area contributed by atoms with Crippen molar-refractivity contribution in [2.75, 3.05) is 20.3 Å². The Balaban J connectivity index is 1.95. The van der Waals surface area contributed by atoms with Crippen LogP contribution < -0.4 is 10.5 Å². The highest BCUT2D eigenvalue weighted by molar-refractivity contribution is 5.31. The van der Waals surface area contributed by atoms with Crippen LogP contribution in [0.4, 0.5) is 0 Å². The third-order valence-electron chi connectivity index (χ3n) is 2.97. The molecule has 2 aromatic rings. The second-order valence-electron chi connectivity index (χ2n) is 4.53. The van der Waals surface area contributed by atoms with E-state index in [-0.39, 0.29) is 0 Å². The van der Waals surface area contributed by atoms with Crippen LogP contribution >= 0.6 is 0 Å². The minimum Gasteiger partial charge on any atom is -0.439 e. The third-order valence-corrected chi connectivity index (χ3v) is 2.97. The van der Waals surface area contributed by atoms with Gasteiger partial charge in [0.05, 0.1) is 6.61 Å². The molecule has 4 heteroatoms. The van der Waals surface area contributed by atoms with E-state index >= 15 is 0 Å². The lowest BCUT2D eigenvalue weighted by molar-refractivity contribution is 0.202. The number of hydrogen-bond acceptors (Lipinski definition) is 4. The van der Waals surface area contributed by atoms with Crippen LogP contribution in [0.5, 0.6) is 11.6 Å². The zero-order chi connectivity index (χ0) is 14.2. The molecule has 2 N–H and O–H groups in total. The van der Waals surface area contributed by atoms with Crippen molar-refractivity contribution in [3.05, 3.63) is 53.7 Å². The third kappa shape index (κ3) is 4.33. The van der Waals surface area contributed by atoms with E-state index < -0.39 is 0 Å². The summed E-state index contributed by atoms with van der Waals surface area (Å²) in [5, 5.41) is 0. The van der Waals surface area contributed by atoms with Crippen LogP contribution in [0.1, 0.15) is 11.1 Å². The van der Waals surface area contributed by atoms with Crippen molar-refractivity contribution in [2.45, 2.75) is 12.8 Å². The number of rotatable bonds is 7. The van der Waals surface area contributed by atoms with Gasteiger partial charge in [0.25, 0.3) is 0 Å². The summed E-state index contributed by atoms with van der Waals surface area (Å²) in [7, 11) is 1.71. The number of aromatic nitrogens is 1. The fourth-order valence-corrected chi connectivity index (χ4v) is 1.85. The second-order valence-corrected chi connectivity index (χ2v) is 4.53. The lowest BCUT2D eigenvalue weighted by Gasteiger charge is -2.06. The zero-order valence-electron chi connectivity index (χ0n) is 11.7. The molecule has 0 atom stereocenters. The smallest absolute Gasteiger partial charge is 0.219 e. The molecule has 0 aliphatic carbocycles. The summed E-state index contributed by atoms with van der Waals surface area (Å²) in [5.41, 5.74) is 7.85. The molecule has 0 saturated heterocycles. The Hall–Kier alpha value is -1.91. The Bertz CT molecular complexity index is 509. The second kappa shape index (κ2) is 7.62. The average molecular weight is 272 g/mol. The van der Waals surface area contributed by atoms with Crippen molar-refractivity contribution < 1.29 is 9.47 Å². The lowest BCUT2D eigenvalue weighted by Crippen LogP contribution is -2.02. The lowest BCUT2D eigenvalue weighted by atomic mass is 10.1. The van der Waals surface area contributed by atoms with E-state index in [9.17, 15) is 0 Å². The van der Waals surface area contributed by atoms with Gasteiger partial charge in [0.2, 0.25) is 5.88 Å². The van der Waals surface area contributed by atoms with E-state index in [0.717, 1.165) is 30.8 Å². The van der Waals surface area contributed by atoms with Gasteiger partial charge in [-0.15, -0.1) is 0 Å². The fourth-order valence-electron chi connectivity index (χ4n) is 1.85. The predicted octanol–water partition coefficient (Wildman–Crippen LogP) is 2.56. The van der Waals surface area contributed by atoms with E-state index in [4.69, 9.17) is 15.2 Å². The summed E-state index contributed by atoms with van der Waals surface area (Å²) in [6.45, 7) is 1.36. The highest BCUT2D eigenvalue weighted by atomic mass is 16.5. The minimum atomic E-state index is 0.593. The number of pyridine rings is 1. The molecule has 0 fully saturated rings. The van der Waals surface area contributed by atoms with Crippen LogP contribution in [0.2, 0.25) is 0 Å². The first-order valence-electron chi connectivity index (χ1n) is 6.72. The summed E-state index contributed by atoms with van der Waals surface area (Å²) in [6, 6.07) is 11.8. The molecule has 4 nitrogen and oxygen atoms in total. The Labute approximate surface area is 119 Å². The molecule has 1 aromatic heterocycles. The van der Waals surface area contributed by atoms with E-state index in [2.05, 4.69) is 4.98 Å². The average Bonchev–Trinajstić information content (AvgIpc) is 2.49. The standard InChI is InChI=1S/C16H20N2O2/c1-19-11-9-13-2-5-15(6-3-13)20-16-7-4-14(8-10-17)12-18-16/h2-7,12H,8-11,17H2,1H3.